The van der Waals surface area contributed by atoms with Crippen molar-refractivity contribution in [3.05, 3.63) is 70.0 Å². The van der Waals surface area contributed by atoms with Crippen molar-refractivity contribution in [2.45, 2.75) is 44.6 Å². The van der Waals surface area contributed by atoms with E-state index < -0.39 is 23.4 Å². The highest BCUT2D eigenvalue weighted by Crippen LogP contribution is 2.28. The van der Waals surface area contributed by atoms with Crippen LogP contribution in [-0.4, -0.2) is 43.0 Å². The molecule has 1 aromatic heterocycles. The molecule has 2 aromatic carbocycles. The molecule has 4 rings (SSSR count). The number of carbonyl (C=O) groups is 2. The van der Waals surface area contributed by atoms with Crippen LogP contribution in [0.3, 0.4) is 0 Å². The quantitative estimate of drug-likeness (QED) is 0.486. The molecule has 9 nitrogen and oxygen atoms in total. The molecule has 10 heteroatoms. The van der Waals surface area contributed by atoms with Crippen molar-refractivity contribution in [3.63, 3.8) is 0 Å². The molecule has 2 heterocycles. The number of nitrogens with zero attached hydrogens (tertiary/aromatic N) is 3. The van der Waals surface area contributed by atoms with Crippen molar-refractivity contribution in [2.75, 3.05) is 0 Å². The lowest BCUT2D eigenvalue weighted by atomic mass is 9.95. The number of rotatable bonds is 8. The van der Waals surface area contributed by atoms with Gasteiger partial charge in [0.15, 0.2) is 0 Å². The minimum absolute atomic E-state index is 0.000674. The van der Waals surface area contributed by atoms with Crippen LogP contribution < -0.4 is 5.56 Å². The van der Waals surface area contributed by atoms with E-state index in [0.29, 0.717) is 53.0 Å². The molecule has 0 amide bonds. The molecule has 0 fully saturated rings. The molecule has 34 heavy (non-hydrogen) atoms. The van der Waals surface area contributed by atoms with Crippen molar-refractivity contribution >= 4 is 28.6 Å². The van der Waals surface area contributed by atoms with Crippen molar-refractivity contribution in [1.82, 2.24) is 9.55 Å². The third kappa shape index (κ3) is 4.52. The number of carboxylic acids is 2. The fraction of sp³-hybridized carbons (Fsp3) is 0.292. The number of aliphatic carboxylic acids is 2. The lowest BCUT2D eigenvalue weighted by Gasteiger charge is -2.15. The van der Waals surface area contributed by atoms with E-state index in [2.05, 4.69) is 10.1 Å². The van der Waals surface area contributed by atoms with Gasteiger partial charge in [0.25, 0.3) is 5.56 Å². The second-order valence-electron chi connectivity index (χ2n) is 8.32. The van der Waals surface area contributed by atoms with Crippen molar-refractivity contribution in [2.24, 2.45) is 5.16 Å². The van der Waals surface area contributed by atoms with Gasteiger partial charge in [-0.05, 0) is 56.2 Å². The van der Waals surface area contributed by atoms with Crippen LogP contribution in [0.25, 0.3) is 16.6 Å². The summed E-state index contributed by atoms with van der Waals surface area (Å²) < 4.78 is 14.9. The number of hydrogen-bond acceptors (Lipinski definition) is 6. The Morgan fingerprint density at radius 1 is 1.15 bits per heavy atom. The summed E-state index contributed by atoms with van der Waals surface area (Å²) in [6.45, 7) is 1.43. The normalized spacial score (nSPS) is 17.4. The van der Waals surface area contributed by atoms with Crippen molar-refractivity contribution in [3.8, 4) is 5.69 Å². The molecule has 0 radical (unpaired) electrons. The number of fused-ring (bicyclic) bond motifs is 1. The lowest BCUT2D eigenvalue weighted by molar-refractivity contribution is -0.160. The maximum absolute atomic E-state index is 13.5. The summed E-state index contributed by atoms with van der Waals surface area (Å²) >= 11 is 0. The molecule has 0 spiro atoms. The molecule has 3 aromatic rings. The highest BCUT2D eigenvalue weighted by atomic mass is 19.1. The average Bonchev–Trinajstić information content (AvgIpc) is 3.21. The fourth-order valence-corrected chi connectivity index (χ4v) is 3.80. The summed E-state index contributed by atoms with van der Waals surface area (Å²) in [7, 11) is 0. The zero-order valence-electron chi connectivity index (χ0n) is 18.3. The molecule has 0 saturated heterocycles. The molecule has 2 N–H and O–H groups in total. The third-order valence-corrected chi connectivity index (χ3v) is 5.71. The number of carboxylic acid groups (broad SMARTS) is 2. The Morgan fingerprint density at radius 2 is 1.88 bits per heavy atom. The van der Waals surface area contributed by atoms with Crippen LogP contribution in [0.4, 0.5) is 4.39 Å². The summed E-state index contributed by atoms with van der Waals surface area (Å²) in [4.78, 5) is 45.5. The SMILES string of the molecule is CC1(C(=O)O)CC(c2ccc3c(=O)n(-c4ccc(F)cc4)c(CCCCC(=O)O)nc3c2)=NO1. The first kappa shape index (κ1) is 23.1. The van der Waals surface area contributed by atoms with Gasteiger partial charge in [-0.2, -0.15) is 0 Å². The van der Waals surface area contributed by atoms with Gasteiger partial charge in [-0.3, -0.25) is 14.2 Å². The van der Waals surface area contributed by atoms with E-state index >= 15 is 0 Å². The van der Waals surface area contributed by atoms with Crippen LogP contribution in [0.2, 0.25) is 0 Å². The summed E-state index contributed by atoms with van der Waals surface area (Å²) in [5.41, 5.74) is 0.0417. The zero-order chi connectivity index (χ0) is 24.5. The first-order chi connectivity index (χ1) is 16.2. The van der Waals surface area contributed by atoms with Gasteiger partial charge in [-0.15, -0.1) is 0 Å². The van der Waals surface area contributed by atoms with Gasteiger partial charge in [-0.25, -0.2) is 14.2 Å². The van der Waals surface area contributed by atoms with E-state index in [9.17, 15) is 23.9 Å². The Morgan fingerprint density at radius 3 is 2.53 bits per heavy atom. The summed E-state index contributed by atoms with van der Waals surface area (Å²) in [6, 6.07) is 10.4. The summed E-state index contributed by atoms with van der Waals surface area (Å²) in [6.07, 6.45) is 1.29. The number of hydrogen-bond donors (Lipinski definition) is 2. The van der Waals surface area contributed by atoms with Crippen LogP contribution in [0.1, 0.15) is 44.0 Å². The molecule has 1 atom stereocenters. The highest BCUT2D eigenvalue weighted by Gasteiger charge is 2.42. The minimum Gasteiger partial charge on any atom is -0.481 e. The standard InChI is InChI=1S/C24H22FN3O6/c1-24(23(32)33)13-19(27-34-24)14-6-11-17-18(12-14)26-20(4-2-3-5-21(29)30)28(22(17)31)16-9-7-15(25)8-10-16/h6-12H,2-5,13H2,1H3,(H,29,30)(H,32,33). The van der Waals surface area contributed by atoms with Gasteiger partial charge in [0.1, 0.15) is 11.6 Å². The first-order valence-corrected chi connectivity index (χ1v) is 10.7. The molecular formula is C24H22FN3O6. The monoisotopic (exact) mass is 467 g/mol. The number of aryl methyl sites for hydroxylation is 1. The molecule has 1 aliphatic heterocycles. The van der Waals surface area contributed by atoms with Crippen LogP contribution in [0.15, 0.2) is 52.4 Å². The number of halogens is 1. The van der Waals surface area contributed by atoms with E-state index in [-0.39, 0.29) is 18.4 Å². The van der Waals surface area contributed by atoms with Gasteiger partial charge in [0.2, 0.25) is 5.60 Å². The molecule has 0 saturated carbocycles. The number of aromatic nitrogens is 2. The first-order valence-electron chi connectivity index (χ1n) is 10.7. The van der Waals surface area contributed by atoms with Crippen LogP contribution in [0.5, 0.6) is 0 Å². The number of unbranched alkanes of at least 4 members (excludes halogenated alkanes) is 1. The van der Waals surface area contributed by atoms with Crippen molar-refractivity contribution < 1.29 is 29.0 Å². The zero-order valence-corrected chi connectivity index (χ0v) is 18.3. The average molecular weight is 467 g/mol. The van der Waals surface area contributed by atoms with E-state index in [1.165, 1.54) is 35.8 Å². The maximum Gasteiger partial charge on any atom is 0.351 e. The summed E-state index contributed by atoms with van der Waals surface area (Å²) in [5.74, 6) is -2.06. The second-order valence-corrected chi connectivity index (χ2v) is 8.32. The van der Waals surface area contributed by atoms with Gasteiger partial charge in [0.05, 0.1) is 22.3 Å². The van der Waals surface area contributed by atoms with Gasteiger partial charge in [0, 0.05) is 24.8 Å². The van der Waals surface area contributed by atoms with Gasteiger partial charge < -0.3 is 15.1 Å². The maximum atomic E-state index is 13.5. The molecule has 176 valence electrons. The van der Waals surface area contributed by atoms with Gasteiger partial charge in [-0.1, -0.05) is 11.2 Å². The van der Waals surface area contributed by atoms with Crippen LogP contribution in [-0.2, 0) is 20.8 Å². The van der Waals surface area contributed by atoms with Crippen molar-refractivity contribution in [1.29, 1.82) is 0 Å². The molecular weight excluding hydrogens is 445 g/mol. The van der Waals surface area contributed by atoms with E-state index in [1.54, 1.807) is 18.2 Å². The Balaban J connectivity index is 1.76. The number of benzene rings is 2. The van der Waals surface area contributed by atoms with E-state index in [4.69, 9.17) is 9.94 Å². The third-order valence-electron chi connectivity index (χ3n) is 5.71. The Labute approximate surface area is 193 Å². The largest absolute Gasteiger partial charge is 0.481 e. The minimum atomic E-state index is -1.46. The lowest BCUT2D eigenvalue weighted by Crippen LogP contribution is -2.35. The van der Waals surface area contributed by atoms with Crippen LogP contribution >= 0.6 is 0 Å². The smallest absolute Gasteiger partial charge is 0.351 e. The Kier molecular flexibility index (Phi) is 6.14. The molecule has 1 aliphatic rings. The molecule has 0 bridgehead atoms. The number of oxime groups is 1. The van der Waals surface area contributed by atoms with Gasteiger partial charge >= 0.3 is 11.9 Å². The van der Waals surface area contributed by atoms with Crippen LogP contribution in [0, 0.1) is 5.82 Å². The summed E-state index contributed by atoms with van der Waals surface area (Å²) in [5, 5.41) is 22.5. The highest BCUT2D eigenvalue weighted by molar-refractivity contribution is 6.06. The molecule has 0 aliphatic carbocycles. The topological polar surface area (TPSA) is 131 Å². The Bertz CT molecular complexity index is 1370. The Hall–Kier alpha value is -4.08. The van der Waals surface area contributed by atoms with E-state index in [0.717, 1.165) is 0 Å². The predicted molar refractivity (Wildman–Crippen MR) is 121 cm³/mol. The second kappa shape index (κ2) is 9.05. The fourth-order valence-electron chi connectivity index (χ4n) is 3.80. The molecule has 1 unspecified atom stereocenters. The van der Waals surface area contributed by atoms with E-state index in [1.807, 2.05) is 0 Å². The predicted octanol–water partition coefficient (Wildman–Crippen LogP) is 3.29.